The van der Waals surface area contributed by atoms with Gasteiger partial charge in [-0.1, -0.05) is 153 Å². The summed E-state index contributed by atoms with van der Waals surface area (Å²) in [4.78, 5) is 7.62. The molecule has 57 heavy (non-hydrogen) atoms. The first-order valence-electron chi connectivity index (χ1n) is 19.6. The smallest absolute Gasteiger partial charge is 0.143 e. The Balaban J connectivity index is 1.04. The molecule has 2 aromatic heterocycles. The molecule has 0 N–H and O–H groups in total. The summed E-state index contributed by atoms with van der Waals surface area (Å²) >= 11 is 0. The van der Waals surface area contributed by atoms with Crippen molar-refractivity contribution in [3.05, 3.63) is 205 Å². The molecule has 0 aliphatic heterocycles. The lowest BCUT2D eigenvalue weighted by atomic mass is 9.82. The number of furan rings is 1. The highest BCUT2D eigenvalue weighted by atomic mass is 16.3. The number of nitrogens with zero attached hydrogens (tertiary/aromatic N) is 2. The van der Waals surface area contributed by atoms with E-state index in [1.165, 1.54) is 22.3 Å². The fourth-order valence-corrected chi connectivity index (χ4v) is 8.99. The van der Waals surface area contributed by atoms with Crippen molar-refractivity contribution in [2.45, 2.75) is 19.3 Å². The molecule has 1 aliphatic rings. The van der Waals surface area contributed by atoms with Crippen LogP contribution in [-0.4, -0.2) is 4.98 Å². The van der Waals surface area contributed by atoms with Crippen LogP contribution in [-0.2, 0) is 5.41 Å². The van der Waals surface area contributed by atoms with E-state index in [-0.39, 0.29) is 5.41 Å². The summed E-state index contributed by atoms with van der Waals surface area (Å²) in [6, 6.07) is 69.5. The molecule has 2 heterocycles. The largest absolute Gasteiger partial charge is 0.455 e. The van der Waals surface area contributed by atoms with Crippen LogP contribution in [0.3, 0.4) is 0 Å². The van der Waals surface area contributed by atoms with Gasteiger partial charge in [0.05, 0.1) is 11.2 Å². The molecule has 1 aliphatic carbocycles. The Kier molecular flexibility index (Phi) is 7.52. The van der Waals surface area contributed by atoms with Crippen molar-refractivity contribution < 1.29 is 4.42 Å². The zero-order valence-electron chi connectivity index (χ0n) is 31.8. The lowest BCUT2D eigenvalue weighted by Gasteiger charge is -2.28. The predicted octanol–water partition coefficient (Wildman–Crippen LogP) is 14.9. The average molecular weight is 731 g/mol. The van der Waals surface area contributed by atoms with Crippen LogP contribution >= 0.6 is 0 Å². The van der Waals surface area contributed by atoms with Crippen molar-refractivity contribution in [3.8, 4) is 44.6 Å². The number of hydrogen-bond donors (Lipinski definition) is 0. The van der Waals surface area contributed by atoms with Gasteiger partial charge in [0.1, 0.15) is 11.2 Å². The van der Waals surface area contributed by atoms with E-state index in [4.69, 9.17) is 9.40 Å². The van der Waals surface area contributed by atoms with Crippen molar-refractivity contribution in [2.24, 2.45) is 0 Å². The Morgan fingerprint density at radius 3 is 1.88 bits per heavy atom. The van der Waals surface area contributed by atoms with Gasteiger partial charge in [-0.2, -0.15) is 0 Å². The molecule has 10 aromatic rings. The van der Waals surface area contributed by atoms with E-state index in [1.807, 2.05) is 12.1 Å². The van der Waals surface area contributed by atoms with Crippen LogP contribution in [0.2, 0.25) is 0 Å². The van der Waals surface area contributed by atoms with Crippen molar-refractivity contribution in [1.29, 1.82) is 0 Å². The van der Waals surface area contributed by atoms with Crippen LogP contribution in [0, 0.1) is 0 Å². The molecule has 0 spiro atoms. The number of rotatable bonds is 6. The SMILES string of the molecule is CC1(C)c2ccccc2-c2ccc(N(c3ccc(-c4nc5ccccc5cc4-c4ccccc4)cc3)c3ccc(-c4cccc5c4oc4ccccc45)cc3)cc21. The van der Waals surface area contributed by atoms with Gasteiger partial charge in [-0.3, -0.25) is 0 Å². The monoisotopic (exact) mass is 730 g/mol. The minimum Gasteiger partial charge on any atom is -0.455 e. The van der Waals surface area contributed by atoms with Crippen molar-refractivity contribution in [2.75, 3.05) is 4.90 Å². The number of anilines is 3. The van der Waals surface area contributed by atoms with E-state index < -0.39 is 0 Å². The van der Waals surface area contributed by atoms with Gasteiger partial charge < -0.3 is 9.32 Å². The summed E-state index contributed by atoms with van der Waals surface area (Å²) in [5.74, 6) is 0. The highest BCUT2D eigenvalue weighted by Gasteiger charge is 2.35. The molecule has 8 aromatic carbocycles. The normalized spacial score (nSPS) is 12.9. The summed E-state index contributed by atoms with van der Waals surface area (Å²) in [6.07, 6.45) is 0. The minimum atomic E-state index is -0.123. The summed E-state index contributed by atoms with van der Waals surface area (Å²) in [6.45, 7) is 4.68. The molecule has 0 amide bonds. The number of para-hydroxylation sites is 3. The second-order valence-corrected chi connectivity index (χ2v) is 15.6. The van der Waals surface area contributed by atoms with Crippen LogP contribution in [0.15, 0.2) is 199 Å². The van der Waals surface area contributed by atoms with E-state index in [9.17, 15) is 0 Å². The van der Waals surface area contributed by atoms with Crippen molar-refractivity contribution >= 4 is 49.9 Å². The molecule has 0 bridgehead atoms. The van der Waals surface area contributed by atoms with Crippen LogP contribution < -0.4 is 4.90 Å². The number of pyridine rings is 1. The zero-order chi connectivity index (χ0) is 38.1. The van der Waals surface area contributed by atoms with Gasteiger partial charge >= 0.3 is 0 Å². The summed E-state index contributed by atoms with van der Waals surface area (Å²) in [5, 5.41) is 3.40. The van der Waals surface area contributed by atoms with Crippen molar-refractivity contribution in [3.63, 3.8) is 0 Å². The van der Waals surface area contributed by atoms with Crippen LogP contribution in [0.25, 0.3) is 77.5 Å². The number of hydrogen-bond acceptors (Lipinski definition) is 3. The topological polar surface area (TPSA) is 29.3 Å². The third kappa shape index (κ3) is 5.38. The number of benzene rings is 8. The number of fused-ring (bicyclic) bond motifs is 7. The van der Waals surface area contributed by atoms with Gasteiger partial charge in [0.25, 0.3) is 0 Å². The molecule has 0 fully saturated rings. The first-order valence-corrected chi connectivity index (χ1v) is 19.6. The molecule has 3 nitrogen and oxygen atoms in total. The second kappa shape index (κ2) is 12.9. The maximum Gasteiger partial charge on any atom is 0.143 e. The Hall–Kier alpha value is -7.23. The molecular weight excluding hydrogens is 693 g/mol. The molecule has 11 rings (SSSR count). The van der Waals surface area contributed by atoms with Crippen LogP contribution in [0.5, 0.6) is 0 Å². The average Bonchev–Trinajstić information content (AvgIpc) is 3.76. The standard InChI is InChI=1S/C54H38N2O/c1-54(2)48-20-9-7-16-43(48)44-32-31-41(34-49(44)54)56(39-27-23-36(24-28-39)42-18-12-19-46-45-17-8-11-22-51(45)57-53(42)46)40-29-25-37(26-30-40)52-47(35-13-4-3-5-14-35)33-38-15-6-10-21-50(38)55-52/h3-34H,1-2H3. The summed E-state index contributed by atoms with van der Waals surface area (Å²) < 4.78 is 6.44. The molecule has 3 heteroatoms. The van der Waals surface area contributed by atoms with E-state index >= 15 is 0 Å². The van der Waals surface area contributed by atoms with Crippen LogP contribution in [0.4, 0.5) is 17.1 Å². The fraction of sp³-hybridized carbons (Fsp3) is 0.0556. The Labute approximate surface area is 332 Å². The van der Waals surface area contributed by atoms with E-state index in [0.717, 1.165) is 83.4 Å². The Bertz CT molecular complexity index is 3140. The Morgan fingerprint density at radius 1 is 0.439 bits per heavy atom. The summed E-state index contributed by atoms with van der Waals surface area (Å²) in [7, 11) is 0. The van der Waals surface area contributed by atoms with Gasteiger partial charge in [0, 0.05) is 55.3 Å². The molecular formula is C54H38N2O. The second-order valence-electron chi connectivity index (χ2n) is 15.6. The zero-order valence-corrected chi connectivity index (χ0v) is 31.8. The minimum absolute atomic E-state index is 0.123. The lowest BCUT2D eigenvalue weighted by molar-refractivity contribution is 0.660. The maximum absolute atomic E-state index is 6.44. The Morgan fingerprint density at radius 2 is 1.05 bits per heavy atom. The molecule has 0 saturated carbocycles. The van der Waals surface area contributed by atoms with Gasteiger partial charge in [-0.05, 0) is 88.0 Å². The molecule has 0 unspecified atom stereocenters. The van der Waals surface area contributed by atoms with E-state index in [2.05, 4.69) is 201 Å². The highest BCUT2D eigenvalue weighted by Crippen LogP contribution is 2.51. The quantitative estimate of drug-likeness (QED) is 0.171. The van der Waals surface area contributed by atoms with Crippen molar-refractivity contribution in [1.82, 2.24) is 4.98 Å². The van der Waals surface area contributed by atoms with Crippen LogP contribution in [0.1, 0.15) is 25.0 Å². The van der Waals surface area contributed by atoms with Gasteiger partial charge in [-0.15, -0.1) is 0 Å². The fourth-order valence-electron chi connectivity index (χ4n) is 8.99. The molecule has 270 valence electrons. The molecule has 0 atom stereocenters. The van der Waals surface area contributed by atoms with E-state index in [1.54, 1.807) is 0 Å². The van der Waals surface area contributed by atoms with Gasteiger partial charge in [-0.25, -0.2) is 4.98 Å². The first-order chi connectivity index (χ1) is 28.0. The van der Waals surface area contributed by atoms with Gasteiger partial charge in [0.15, 0.2) is 0 Å². The maximum atomic E-state index is 6.44. The third-order valence-electron chi connectivity index (χ3n) is 11.9. The van der Waals surface area contributed by atoms with Gasteiger partial charge in [0.2, 0.25) is 0 Å². The third-order valence-corrected chi connectivity index (χ3v) is 11.9. The lowest BCUT2D eigenvalue weighted by Crippen LogP contribution is -2.16. The molecule has 0 radical (unpaired) electrons. The molecule has 0 saturated heterocycles. The predicted molar refractivity (Wildman–Crippen MR) is 238 cm³/mol. The highest BCUT2D eigenvalue weighted by molar-refractivity contribution is 6.09. The first kappa shape index (κ1) is 33.1. The number of aromatic nitrogens is 1. The van der Waals surface area contributed by atoms with E-state index in [0.29, 0.717) is 0 Å². The summed E-state index contributed by atoms with van der Waals surface area (Å²) in [5.41, 5.74) is 17.8.